The van der Waals surface area contributed by atoms with Gasteiger partial charge in [-0.15, -0.1) is 23.5 Å². The molecule has 2 atom stereocenters. The number of carbonyl (C=O) groups is 2. The highest BCUT2D eigenvalue weighted by atomic mass is 32.2. The molecule has 2 N–H and O–H groups in total. The van der Waals surface area contributed by atoms with Gasteiger partial charge < -0.3 is 10.2 Å². The fourth-order valence-corrected chi connectivity index (χ4v) is 10.2. The highest BCUT2D eigenvalue weighted by Crippen LogP contribution is 2.67. The van der Waals surface area contributed by atoms with Crippen molar-refractivity contribution in [1.82, 2.24) is 0 Å². The first-order chi connectivity index (χ1) is 21.2. The molecule has 0 amide bonds. The Bertz CT molecular complexity index is 2140. The van der Waals surface area contributed by atoms with Crippen LogP contribution in [0.2, 0.25) is 0 Å². The normalized spacial score (nSPS) is 22.0. The van der Waals surface area contributed by atoms with E-state index < -0.39 is 21.4 Å². The van der Waals surface area contributed by atoms with Gasteiger partial charge in [-0.25, -0.2) is 9.59 Å². The van der Waals surface area contributed by atoms with E-state index in [9.17, 15) is 19.8 Å². The molecule has 4 nitrogen and oxygen atoms in total. The SMILES string of the molecule is C[C@]12SC(c3ccccc3)=CC1=c1c(c3cc(C(=O)O)ccc3c3ccc(C(=O)O)cc13)=C1C=C(c3ccccc3)S[C@@]12C. The molecule has 8 rings (SSSR count). The Labute approximate surface area is 262 Å². The minimum absolute atomic E-state index is 0.223. The van der Waals surface area contributed by atoms with Crippen molar-refractivity contribution in [2.24, 2.45) is 0 Å². The van der Waals surface area contributed by atoms with E-state index in [-0.39, 0.29) is 11.1 Å². The summed E-state index contributed by atoms with van der Waals surface area (Å²) in [6, 6.07) is 31.4. The maximum atomic E-state index is 12.3. The molecule has 0 spiro atoms. The fourth-order valence-electron chi connectivity index (χ4n) is 7.03. The topological polar surface area (TPSA) is 74.6 Å². The van der Waals surface area contributed by atoms with Gasteiger partial charge in [0.05, 0.1) is 20.6 Å². The molecule has 0 aromatic heterocycles. The molecule has 1 aliphatic carbocycles. The van der Waals surface area contributed by atoms with Crippen LogP contribution < -0.4 is 10.4 Å². The van der Waals surface area contributed by atoms with Gasteiger partial charge in [0.25, 0.3) is 0 Å². The lowest BCUT2D eigenvalue weighted by Gasteiger charge is -2.45. The number of hydrogen-bond acceptors (Lipinski definition) is 4. The summed E-state index contributed by atoms with van der Waals surface area (Å²) in [7, 11) is 0. The van der Waals surface area contributed by atoms with Crippen molar-refractivity contribution in [3.05, 3.63) is 142 Å². The van der Waals surface area contributed by atoms with Crippen LogP contribution in [0.4, 0.5) is 0 Å². The average Bonchev–Trinajstić information content (AvgIpc) is 3.60. The first kappa shape index (κ1) is 27.1. The van der Waals surface area contributed by atoms with E-state index in [1.165, 1.54) is 0 Å². The largest absolute Gasteiger partial charge is 0.478 e. The van der Waals surface area contributed by atoms with Crippen molar-refractivity contribution in [3.63, 3.8) is 0 Å². The number of rotatable bonds is 4. The summed E-state index contributed by atoms with van der Waals surface area (Å²) in [4.78, 5) is 26.8. The maximum Gasteiger partial charge on any atom is 0.335 e. The van der Waals surface area contributed by atoms with Gasteiger partial charge in [0.1, 0.15) is 0 Å². The Morgan fingerprint density at radius 1 is 0.545 bits per heavy atom. The van der Waals surface area contributed by atoms with E-state index in [1.807, 2.05) is 72.1 Å². The first-order valence-electron chi connectivity index (χ1n) is 14.4. The van der Waals surface area contributed by atoms with Gasteiger partial charge in [0.2, 0.25) is 0 Å². The molecule has 5 aromatic rings. The summed E-state index contributed by atoms with van der Waals surface area (Å²) in [6.07, 6.45) is 4.56. The summed E-state index contributed by atoms with van der Waals surface area (Å²) in [5.74, 6) is -1.96. The Morgan fingerprint density at radius 3 is 1.30 bits per heavy atom. The minimum atomic E-state index is -0.980. The zero-order valence-electron chi connectivity index (χ0n) is 23.9. The molecule has 44 heavy (non-hydrogen) atoms. The van der Waals surface area contributed by atoms with Crippen LogP contribution in [-0.2, 0) is 0 Å². The Balaban J connectivity index is 1.64. The molecule has 0 bridgehead atoms. The molecule has 3 aliphatic rings. The van der Waals surface area contributed by atoms with Gasteiger partial charge in [0.15, 0.2) is 0 Å². The molecule has 5 aromatic carbocycles. The van der Waals surface area contributed by atoms with E-state index in [0.717, 1.165) is 64.1 Å². The Kier molecular flexibility index (Phi) is 5.83. The number of allylic oxidation sites excluding steroid dienone is 2. The van der Waals surface area contributed by atoms with Gasteiger partial charge >= 0.3 is 11.9 Å². The van der Waals surface area contributed by atoms with Crippen LogP contribution in [0.5, 0.6) is 0 Å². The van der Waals surface area contributed by atoms with Crippen molar-refractivity contribution in [3.8, 4) is 0 Å². The summed E-state index contributed by atoms with van der Waals surface area (Å²) in [5.41, 5.74) is 4.98. The molecular weight excluding hydrogens is 585 g/mol. The van der Waals surface area contributed by atoms with Crippen LogP contribution >= 0.6 is 23.5 Å². The lowest BCUT2D eigenvalue weighted by atomic mass is 9.73. The number of benzene rings is 5. The minimum Gasteiger partial charge on any atom is -0.478 e. The maximum absolute atomic E-state index is 12.3. The molecule has 0 fully saturated rings. The second kappa shape index (κ2) is 9.49. The summed E-state index contributed by atoms with van der Waals surface area (Å²) in [5, 5.41) is 25.6. The van der Waals surface area contributed by atoms with Crippen molar-refractivity contribution < 1.29 is 19.8 Å². The highest BCUT2D eigenvalue weighted by molar-refractivity contribution is 8.14. The van der Waals surface area contributed by atoms with E-state index in [2.05, 4.69) is 50.3 Å². The van der Waals surface area contributed by atoms with E-state index >= 15 is 0 Å². The van der Waals surface area contributed by atoms with Crippen LogP contribution in [0, 0.1) is 0 Å². The highest BCUT2D eigenvalue weighted by Gasteiger charge is 2.57. The molecule has 0 saturated carbocycles. The summed E-state index contributed by atoms with van der Waals surface area (Å²) in [6.45, 7) is 4.61. The van der Waals surface area contributed by atoms with Gasteiger partial charge in [-0.05, 0) is 105 Å². The number of carboxylic acid groups (broad SMARTS) is 2. The first-order valence-corrected chi connectivity index (χ1v) is 16.0. The molecule has 2 aliphatic heterocycles. The van der Waals surface area contributed by atoms with Crippen LogP contribution in [0.15, 0.2) is 109 Å². The third-order valence-electron chi connectivity index (χ3n) is 9.38. The van der Waals surface area contributed by atoms with Gasteiger partial charge in [-0.2, -0.15) is 0 Å². The molecule has 0 radical (unpaired) electrons. The number of fused-ring (bicyclic) bond motifs is 9. The predicted molar refractivity (Wildman–Crippen MR) is 182 cm³/mol. The van der Waals surface area contributed by atoms with Crippen molar-refractivity contribution in [1.29, 1.82) is 0 Å². The Morgan fingerprint density at radius 2 is 0.932 bits per heavy atom. The molecule has 0 unspecified atom stereocenters. The molecule has 6 heteroatoms. The van der Waals surface area contributed by atoms with Crippen LogP contribution in [0.3, 0.4) is 0 Å². The zero-order chi connectivity index (χ0) is 30.4. The van der Waals surface area contributed by atoms with Crippen molar-refractivity contribution in [2.75, 3.05) is 0 Å². The third kappa shape index (κ3) is 3.68. The Hall–Kier alpha value is -4.52. The predicted octanol–water partition coefficient (Wildman–Crippen LogP) is 7.80. The average molecular weight is 611 g/mol. The van der Waals surface area contributed by atoms with Crippen LogP contribution in [0.25, 0.3) is 42.5 Å². The lowest BCUT2D eigenvalue weighted by Crippen LogP contribution is -2.53. The molecule has 0 saturated heterocycles. The van der Waals surface area contributed by atoms with Gasteiger partial charge in [-0.1, -0.05) is 72.8 Å². The fraction of sp³-hybridized carbons (Fsp3) is 0.105. The second-order valence-corrected chi connectivity index (χ2v) is 14.6. The summed E-state index contributed by atoms with van der Waals surface area (Å²) >= 11 is 3.71. The standard InChI is InChI=1S/C38H26O4S2/c1-37-29(19-31(43-37)21-9-5-3-6-10-21)33-27-17-23(35(39)40)13-15-25(27)26-16-14-24(36(41)42)18-28(26)34(33)30-20-32(44-38(30,37)2)22-11-7-4-8-12-22/h3-20H,1-2H3,(H,39,40)(H,41,42)/t37-,38-/m0/s1. The van der Waals surface area contributed by atoms with E-state index in [4.69, 9.17) is 0 Å². The molecule has 214 valence electrons. The number of thioether (sulfide) groups is 2. The zero-order valence-corrected chi connectivity index (χ0v) is 25.6. The second-order valence-electron chi connectivity index (χ2n) is 11.7. The van der Waals surface area contributed by atoms with Crippen LogP contribution in [0.1, 0.15) is 45.7 Å². The number of hydrogen-bond donors (Lipinski definition) is 2. The lowest BCUT2D eigenvalue weighted by molar-refractivity contribution is 0.0686. The quantitative estimate of drug-likeness (QED) is 0.202. The van der Waals surface area contributed by atoms with Crippen molar-refractivity contribution >= 4 is 78.0 Å². The van der Waals surface area contributed by atoms with E-state index in [0.29, 0.717) is 0 Å². The van der Waals surface area contributed by atoms with Crippen molar-refractivity contribution in [2.45, 2.75) is 23.3 Å². The van der Waals surface area contributed by atoms with E-state index in [1.54, 1.807) is 24.3 Å². The van der Waals surface area contributed by atoms with Gasteiger partial charge in [-0.3, -0.25) is 0 Å². The monoisotopic (exact) mass is 610 g/mol. The summed E-state index contributed by atoms with van der Waals surface area (Å²) < 4.78 is -0.828. The number of carboxylic acids is 2. The van der Waals surface area contributed by atoms with Gasteiger partial charge in [0, 0.05) is 9.81 Å². The smallest absolute Gasteiger partial charge is 0.335 e. The number of aromatic carboxylic acids is 2. The van der Waals surface area contributed by atoms with Crippen LogP contribution in [-0.4, -0.2) is 31.6 Å². The third-order valence-corrected chi connectivity index (χ3v) is 12.7. The molecule has 2 heterocycles. The molecular formula is C38H26O4S2.